The predicted octanol–water partition coefficient (Wildman–Crippen LogP) is 1.94. The van der Waals surface area contributed by atoms with Gasteiger partial charge in [-0.15, -0.1) is 0 Å². The van der Waals surface area contributed by atoms with Gasteiger partial charge >= 0.3 is 5.97 Å². The third kappa shape index (κ3) is 5.49. The van der Waals surface area contributed by atoms with Crippen LogP contribution >= 0.6 is 0 Å². The van der Waals surface area contributed by atoms with Crippen LogP contribution in [0.2, 0.25) is 0 Å². The van der Waals surface area contributed by atoms with Crippen molar-refractivity contribution in [1.29, 1.82) is 0 Å². The predicted molar refractivity (Wildman–Crippen MR) is 76.1 cm³/mol. The summed E-state index contributed by atoms with van der Waals surface area (Å²) in [4.78, 5) is 13.8. The number of esters is 1. The zero-order valence-electron chi connectivity index (χ0n) is 12.2. The maximum absolute atomic E-state index is 11.1. The van der Waals surface area contributed by atoms with Gasteiger partial charge in [-0.2, -0.15) is 0 Å². The first-order valence-corrected chi connectivity index (χ1v) is 7.92. The van der Waals surface area contributed by atoms with E-state index in [0.29, 0.717) is 19.1 Å². The van der Waals surface area contributed by atoms with Crippen LogP contribution in [-0.4, -0.2) is 49.2 Å². The van der Waals surface area contributed by atoms with Gasteiger partial charge in [-0.25, -0.2) is 0 Å². The number of likely N-dealkylation sites (tertiary alicyclic amines) is 1. The lowest BCUT2D eigenvalue weighted by molar-refractivity contribution is -0.143. The number of hydrogen-bond donors (Lipinski definition) is 1. The van der Waals surface area contributed by atoms with E-state index in [2.05, 4.69) is 10.2 Å². The monoisotopic (exact) mass is 268 g/mol. The highest BCUT2D eigenvalue weighted by Crippen LogP contribution is 2.29. The number of hydrogen-bond acceptors (Lipinski definition) is 4. The van der Waals surface area contributed by atoms with Gasteiger partial charge in [0.05, 0.1) is 6.61 Å². The van der Waals surface area contributed by atoms with Crippen molar-refractivity contribution in [3.05, 3.63) is 0 Å². The van der Waals surface area contributed by atoms with Gasteiger partial charge in [0.25, 0.3) is 0 Å². The molecular weight excluding hydrogens is 240 g/mol. The molecule has 1 unspecified atom stereocenters. The summed E-state index contributed by atoms with van der Waals surface area (Å²) in [5.74, 6) is -0.0497. The minimum absolute atomic E-state index is 0.0497. The normalized spacial score (nSPS) is 23.7. The van der Waals surface area contributed by atoms with Gasteiger partial charge in [0.15, 0.2) is 0 Å². The van der Waals surface area contributed by atoms with Crippen molar-refractivity contribution in [2.45, 2.75) is 64.0 Å². The van der Waals surface area contributed by atoms with Gasteiger partial charge in [-0.3, -0.25) is 9.69 Å². The molecule has 0 amide bonds. The fourth-order valence-corrected chi connectivity index (χ4v) is 2.84. The Morgan fingerprint density at radius 2 is 2.11 bits per heavy atom. The van der Waals surface area contributed by atoms with Crippen LogP contribution < -0.4 is 5.32 Å². The molecule has 0 spiro atoms. The summed E-state index contributed by atoms with van der Waals surface area (Å²) < 4.78 is 4.91. The van der Waals surface area contributed by atoms with Crippen molar-refractivity contribution >= 4 is 5.97 Å². The van der Waals surface area contributed by atoms with Gasteiger partial charge in [0, 0.05) is 31.6 Å². The Kier molecular flexibility index (Phi) is 6.11. The second kappa shape index (κ2) is 7.85. The highest BCUT2D eigenvalue weighted by atomic mass is 16.5. The Labute approximate surface area is 116 Å². The number of rotatable bonds is 9. The summed E-state index contributed by atoms with van der Waals surface area (Å²) in [6, 6.07) is 1.61. The lowest BCUT2D eigenvalue weighted by atomic mass is 10.2. The molecule has 0 aromatic carbocycles. The van der Waals surface area contributed by atoms with Crippen molar-refractivity contribution in [3.63, 3.8) is 0 Å². The van der Waals surface area contributed by atoms with Crippen LogP contribution in [0.1, 0.15) is 51.9 Å². The van der Waals surface area contributed by atoms with E-state index in [9.17, 15) is 4.79 Å². The first kappa shape index (κ1) is 14.8. The van der Waals surface area contributed by atoms with Crippen molar-refractivity contribution in [2.24, 2.45) is 0 Å². The topological polar surface area (TPSA) is 41.6 Å². The van der Waals surface area contributed by atoms with E-state index < -0.39 is 0 Å². The summed E-state index contributed by atoms with van der Waals surface area (Å²) >= 11 is 0. The molecule has 110 valence electrons. The lowest BCUT2D eigenvalue weighted by Gasteiger charge is -2.15. The van der Waals surface area contributed by atoms with E-state index in [-0.39, 0.29) is 5.97 Å². The fourth-order valence-electron chi connectivity index (χ4n) is 2.84. The number of nitrogens with zero attached hydrogens (tertiary/aromatic N) is 1. The van der Waals surface area contributed by atoms with Crippen LogP contribution in [-0.2, 0) is 9.53 Å². The summed E-state index contributed by atoms with van der Waals surface area (Å²) in [6.07, 6.45) is 7.96. The first-order valence-electron chi connectivity index (χ1n) is 7.92. The Balaban J connectivity index is 1.41. The van der Waals surface area contributed by atoms with Crippen LogP contribution in [0.5, 0.6) is 0 Å². The summed E-state index contributed by atoms with van der Waals surface area (Å²) in [6.45, 7) is 5.97. The van der Waals surface area contributed by atoms with Gasteiger partial charge in [0.2, 0.25) is 0 Å². The molecule has 19 heavy (non-hydrogen) atoms. The number of ether oxygens (including phenoxy) is 1. The molecule has 1 aliphatic heterocycles. The quantitative estimate of drug-likeness (QED) is 0.512. The molecular formula is C15H28N2O2. The van der Waals surface area contributed by atoms with E-state index in [1.54, 1.807) is 0 Å². The average molecular weight is 268 g/mol. The SMILES string of the molecule is CCOC(=O)CCCCCNC1CCN(C2CC2)C1. The first-order chi connectivity index (χ1) is 9.29. The molecule has 1 saturated carbocycles. The zero-order valence-corrected chi connectivity index (χ0v) is 12.2. The van der Waals surface area contributed by atoms with E-state index in [1.165, 1.54) is 38.8 Å². The highest BCUT2D eigenvalue weighted by molar-refractivity contribution is 5.69. The lowest BCUT2D eigenvalue weighted by Crippen LogP contribution is -2.33. The van der Waals surface area contributed by atoms with Crippen LogP contribution in [0.4, 0.5) is 0 Å². The Morgan fingerprint density at radius 1 is 1.26 bits per heavy atom. The highest BCUT2D eigenvalue weighted by Gasteiger charge is 2.33. The average Bonchev–Trinajstić information content (AvgIpc) is 3.14. The number of carbonyl (C=O) groups excluding carboxylic acids is 1. The minimum Gasteiger partial charge on any atom is -0.466 e. The Hall–Kier alpha value is -0.610. The minimum atomic E-state index is -0.0497. The molecule has 2 fully saturated rings. The van der Waals surface area contributed by atoms with Gasteiger partial charge < -0.3 is 10.1 Å². The molecule has 4 nitrogen and oxygen atoms in total. The van der Waals surface area contributed by atoms with Crippen LogP contribution in [0.25, 0.3) is 0 Å². The van der Waals surface area contributed by atoms with Gasteiger partial charge in [-0.1, -0.05) is 6.42 Å². The fraction of sp³-hybridized carbons (Fsp3) is 0.933. The molecule has 1 aliphatic carbocycles. The van der Waals surface area contributed by atoms with E-state index in [0.717, 1.165) is 25.4 Å². The Bertz CT molecular complexity index is 279. The Morgan fingerprint density at radius 3 is 2.84 bits per heavy atom. The van der Waals surface area contributed by atoms with Crippen molar-refractivity contribution in [1.82, 2.24) is 10.2 Å². The second-order valence-electron chi connectivity index (χ2n) is 5.78. The van der Waals surface area contributed by atoms with E-state index >= 15 is 0 Å². The largest absolute Gasteiger partial charge is 0.466 e. The van der Waals surface area contributed by atoms with E-state index in [1.807, 2.05) is 6.92 Å². The third-order valence-electron chi connectivity index (χ3n) is 4.08. The zero-order chi connectivity index (χ0) is 13.5. The van der Waals surface area contributed by atoms with Gasteiger partial charge in [0.1, 0.15) is 0 Å². The molecule has 0 radical (unpaired) electrons. The summed E-state index contributed by atoms with van der Waals surface area (Å²) in [5, 5.41) is 3.65. The van der Waals surface area contributed by atoms with Crippen LogP contribution in [0.15, 0.2) is 0 Å². The van der Waals surface area contributed by atoms with Crippen LogP contribution in [0, 0.1) is 0 Å². The molecule has 2 rings (SSSR count). The van der Waals surface area contributed by atoms with Gasteiger partial charge in [-0.05, 0) is 45.6 Å². The molecule has 0 bridgehead atoms. The van der Waals surface area contributed by atoms with Crippen LogP contribution in [0.3, 0.4) is 0 Å². The molecule has 1 heterocycles. The number of nitrogens with one attached hydrogen (secondary N) is 1. The molecule has 4 heteroatoms. The maximum atomic E-state index is 11.1. The summed E-state index contributed by atoms with van der Waals surface area (Å²) in [5.41, 5.74) is 0. The summed E-state index contributed by atoms with van der Waals surface area (Å²) in [7, 11) is 0. The van der Waals surface area contributed by atoms with E-state index in [4.69, 9.17) is 4.74 Å². The van der Waals surface area contributed by atoms with Crippen molar-refractivity contribution < 1.29 is 9.53 Å². The second-order valence-corrected chi connectivity index (χ2v) is 5.78. The number of unbranched alkanes of at least 4 members (excludes halogenated alkanes) is 2. The smallest absolute Gasteiger partial charge is 0.305 e. The maximum Gasteiger partial charge on any atom is 0.305 e. The molecule has 1 atom stereocenters. The molecule has 1 saturated heterocycles. The number of carbonyl (C=O) groups is 1. The molecule has 0 aromatic rings. The third-order valence-corrected chi connectivity index (χ3v) is 4.08. The molecule has 1 N–H and O–H groups in total. The molecule has 2 aliphatic rings. The van der Waals surface area contributed by atoms with Crippen molar-refractivity contribution in [2.75, 3.05) is 26.2 Å². The van der Waals surface area contributed by atoms with Crippen molar-refractivity contribution in [3.8, 4) is 0 Å². The molecule has 0 aromatic heterocycles. The standard InChI is InChI=1S/C15H28N2O2/c1-2-19-15(18)6-4-3-5-10-16-13-9-11-17(12-13)14-7-8-14/h13-14,16H,2-12H2,1H3.